The number of nitrogens with one attached hydrogen (secondary N) is 2. The molecule has 2 aliphatic heterocycles. The number of aryl methyl sites for hydroxylation is 2. The number of ether oxygens (including phenoxy) is 1. The van der Waals surface area contributed by atoms with E-state index in [1.807, 2.05) is 24.3 Å². The SMILES string of the molecule is O=C(NCCCn1nc2n(c1=O)CCCC2)NCC1Cc2ccccc2O1. The largest absolute Gasteiger partial charge is 0.488 e. The van der Waals surface area contributed by atoms with Crippen LogP contribution in [0.5, 0.6) is 5.75 Å². The molecule has 0 radical (unpaired) electrons. The van der Waals surface area contributed by atoms with Crippen molar-refractivity contribution in [2.45, 2.75) is 51.3 Å². The molecule has 1 unspecified atom stereocenters. The highest BCUT2D eigenvalue weighted by atomic mass is 16.5. The first-order valence-electron chi connectivity index (χ1n) is 9.63. The minimum absolute atomic E-state index is 0.0245. The smallest absolute Gasteiger partial charge is 0.345 e. The van der Waals surface area contributed by atoms with Crippen LogP contribution in [-0.2, 0) is 25.9 Å². The van der Waals surface area contributed by atoms with Crippen molar-refractivity contribution in [3.63, 3.8) is 0 Å². The zero-order valence-corrected chi connectivity index (χ0v) is 15.3. The van der Waals surface area contributed by atoms with Crippen LogP contribution in [0.2, 0.25) is 0 Å². The highest BCUT2D eigenvalue weighted by molar-refractivity contribution is 5.73. The molecule has 144 valence electrons. The Kier molecular flexibility index (Phi) is 5.13. The molecule has 0 spiro atoms. The number of hydrogen-bond donors (Lipinski definition) is 2. The van der Waals surface area contributed by atoms with Crippen LogP contribution in [0.25, 0.3) is 0 Å². The maximum atomic E-state index is 12.2. The van der Waals surface area contributed by atoms with Gasteiger partial charge >= 0.3 is 11.7 Å². The lowest BCUT2D eigenvalue weighted by Gasteiger charge is -2.12. The fourth-order valence-corrected chi connectivity index (χ4v) is 3.66. The van der Waals surface area contributed by atoms with Gasteiger partial charge in [0.25, 0.3) is 0 Å². The molecular formula is C19H25N5O3. The van der Waals surface area contributed by atoms with Gasteiger partial charge in [-0.1, -0.05) is 18.2 Å². The number of aromatic nitrogens is 3. The van der Waals surface area contributed by atoms with Gasteiger partial charge < -0.3 is 15.4 Å². The second-order valence-electron chi connectivity index (χ2n) is 7.07. The Balaban J connectivity index is 1.16. The molecule has 1 aromatic carbocycles. The zero-order chi connectivity index (χ0) is 18.6. The van der Waals surface area contributed by atoms with Crippen LogP contribution in [0.4, 0.5) is 4.79 Å². The fourth-order valence-electron chi connectivity index (χ4n) is 3.66. The summed E-state index contributed by atoms with van der Waals surface area (Å²) in [6, 6.07) is 7.72. The molecule has 3 heterocycles. The quantitative estimate of drug-likeness (QED) is 0.744. The number of rotatable bonds is 6. The summed E-state index contributed by atoms with van der Waals surface area (Å²) >= 11 is 0. The molecule has 2 amide bonds. The van der Waals surface area contributed by atoms with Crippen LogP contribution in [0.3, 0.4) is 0 Å². The molecule has 0 bridgehead atoms. The van der Waals surface area contributed by atoms with Crippen LogP contribution in [0, 0.1) is 0 Å². The third-order valence-corrected chi connectivity index (χ3v) is 5.07. The van der Waals surface area contributed by atoms with E-state index < -0.39 is 0 Å². The molecule has 0 aliphatic carbocycles. The van der Waals surface area contributed by atoms with Gasteiger partial charge in [-0.05, 0) is 30.9 Å². The Morgan fingerprint density at radius 1 is 1.26 bits per heavy atom. The van der Waals surface area contributed by atoms with E-state index in [2.05, 4.69) is 15.7 Å². The van der Waals surface area contributed by atoms with E-state index >= 15 is 0 Å². The average molecular weight is 371 g/mol. The molecule has 2 aromatic rings. The second-order valence-corrected chi connectivity index (χ2v) is 7.07. The van der Waals surface area contributed by atoms with Crippen LogP contribution in [0.1, 0.15) is 30.7 Å². The van der Waals surface area contributed by atoms with E-state index in [-0.39, 0.29) is 17.8 Å². The first kappa shape index (κ1) is 17.6. The number of nitrogens with zero attached hydrogens (tertiary/aromatic N) is 3. The normalized spacial score (nSPS) is 17.7. The molecule has 8 nitrogen and oxygen atoms in total. The van der Waals surface area contributed by atoms with Gasteiger partial charge in [0, 0.05) is 32.5 Å². The van der Waals surface area contributed by atoms with Crippen LogP contribution in [-0.4, -0.2) is 39.6 Å². The number of carbonyl (C=O) groups excluding carboxylic acids is 1. The minimum atomic E-state index is -0.217. The van der Waals surface area contributed by atoms with Crippen molar-refractivity contribution in [2.75, 3.05) is 13.1 Å². The summed E-state index contributed by atoms with van der Waals surface area (Å²) in [5.74, 6) is 1.78. The molecule has 8 heteroatoms. The summed E-state index contributed by atoms with van der Waals surface area (Å²) in [7, 11) is 0. The van der Waals surface area contributed by atoms with Crippen molar-refractivity contribution < 1.29 is 9.53 Å². The summed E-state index contributed by atoms with van der Waals surface area (Å²) in [6.07, 6.45) is 4.45. The van der Waals surface area contributed by atoms with Gasteiger partial charge in [-0.2, -0.15) is 5.10 Å². The lowest BCUT2D eigenvalue weighted by Crippen LogP contribution is -2.41. The van der Waals surface area contributed by atoms with Gasteiger partial charge in [0.15, 0.2) is 0 Å². The Labute approximate surface area is 157 Å². The van der Waals surface area contributed by atoms with Gasteiger partial charge in [0.2, 0.25) is 0 Å². The predicted molar refractivity (Wildman–Crippen MR) is 100 cm³/mol. The molecule has 1 aromatic heterocycles. The molecule has 2 N–H and O–H groups in total. The number of fused-ring (bicyclic) bond motifs is 2. The zero-order valence-electron chi connectivity index (χ0n) is 15.3. The Bertz CT molecular complexity index is 847. The molecule has 4 rings (SSSR count). The van der Waals surface area contributed by atoms with Gasteiger partial charge in [0.1, 0.15) is 17.7 Å². The summed E-state index contributed by atoms with van der Waals surface area (Å²) in [5.41, 5.74) is 1.14. The van der Waals surface area contributed by atoms with Crippen molar-refractivity contribution >= 4 is 6.03 Å². The summed E-state index contributed by atoms with van der Waals surface area (Å²) in [5, 5.41) is 10.1. The van der Waals surface area contributed by atoms with Crippen LogP contribution >= 0.6 is 0 Å². The summed E-state index contributed by atoms with van der Waals surface area (Å²) < 4.78 is 9.09. The maximum Gasteiger partial charge on any atom is 0.345 e. The second kappa shape index (κ2) is 7.85. The number of amides is 2. The lowest BCUT2D eigenvalue weighted by atomic mass is 10.1. The topological polar surface area (TPSA) is 90.2 Å². The number of hydrogen-bond acceptors (Lipinski definition) is 4. The van der Waals surface area contributed by atoms with E-state index in [0.29, 0.717) is 26.1 Å². The third kappa shape index (κ3) is 3.99. The van der Waals surface area contributed by atoms with E-state index in [1.165, 1.54) is 10.2 Å². The van der Waals surface area contributed by atoms with Crippen molar-refractivity contribution in [3.8, 4) is 5.75 Å². The van der Waals surface area contributed by atoms with Crippen molar-refractivity contribution in [1.29, 1.82) is 0 Å². The Morgan fingerprint density at radius 3 is 3.00 bits per heavy atom. The highest BCUT2D eigenvalue weighted by Gasteiger charge is 2.22. The Morgan fingerprint density at radius 2 is 2.15 bits per heavy atom. The molecule has 1 atom stereocenters. The van der Waals surface area contributed by atoms with Crippen LogP contribution in [0.15, 0.2) is 29.1 Å². The predicted octanol–water partition coefficient (Wildman–Crippen LogP) is 1.07. The summed E-state index contributed by atoms with van der Waals surface area (Å²) in [4.78, 5) is 24.2. The van der Waals surface area contributed by atoms with Gasteiger partial charge in [-0.25, -0.2) is 14.3 Å². The highest BCUT2D eigenvalue weighted by Crippen LogP contribution is 2.27. The van der Waals surface area contributed by atoms with Crippen molar-refractivity contribution in [1.82, 2.24) is 25.0 Å². The lowest BCUT2D eigenvalue weighted by molar-refractivity contribution is 0.214. The van der Waals surface area contributed by atoms with E-state index in [4.69, 9.17) is 4.74 Å². The molecule has 0 saturated carbocycles. The first-order chi connectivity index (χ1) is 13.2. The van der Waals surface area contributed by atoms with Crippen molar-refractivity contribution in [2.24, 2.45) is 0 Å². The number of carbonyl (C=O) groups is 1. The number of urea groups is 1. The van der Waals surface area contributed by atoms with E-state index in [1.54, 1.807) is 4.57 Å². The number of benzene rings is 1. The van der Waals surface area contributed by atoms with Crippen molar-refractivity contribution in [3.05, 3.63) is 46.1 Å². The molecular weight excluding hydrogens is 346 g/mol. The van der Waals surface area contributed by atoms with Gasteiger partial charge in [-0.3, -0.25) is 4.57 Å². The number of para-hydroxylation sites is 1. The average Bonchev–Trinajstić information content (AvgIpc) is 3.25. The molecule has 0 fully saturated rings. The fraction of sp³-hybridized carbons (Fsp3) is 0.526. The van der Waals surface area contributed by atoms with Gasteiger partial charge in [-0.15, -0.1) is 0 Å². The molecule has 2 aliphatic rings. The summed E-state index contributed by atoms with van der Waals surface area (Å²) in [6.45, 7) is 2.24. The first-order valence-corrected chi connectivity index (χ1v) is 9.63. The Hall–Kier alpha value is -2.77. The third-order valence-electron chi connectivity index (χ3n) is 5.07. The minimum Gasteiger partial charge on any atom is -0.488 e. The standard InChI is InChI=1S/C19H25N5O3/c25-18(21-13-15-12-14-6-1-2-7-16(14)27-15)20-9-5-11-24-19(26)23-10-4-3-8-17(23)22-24/h1-2,6-7,15H,3-5,8-13H2,(H2,20,21,25). The molecule has 27 heavy (non-hydrogen) atoms. The van der Waals surface area contributed by atoms with Gasteiger partial charge in [0.05, 0.1) is 6.54 Å². The molecule has 0 saturated heterocycles. The van der Waals surface area contributed by atoms with Crippen LogP contribution < -0.4 is 21.1 Å². The van der Waals surface area contributed by atoms with E-state index in [0.717, 1.165) is 43.8 Å². The maximum absolute atomic E-state index is 12.2. The van der Waals surface area contributed by atoms with E-state index in [9.17, 15) is 9.59 Å². The monoisotopic (exact) mass is 371 g/mol.